The Morgan fingerprint density at radius 2 is 2.00 bits per heavy atom. The summed E-state index contributed by atoms with van der Waals surface area (Å²) in [5.41, 5.74) is 5.41. The van der Waals surface area contributed by atoms with Crippen LogP contribution >= 0.6 is 0 Å². The molecule has 2 aromatic heterocycles. The summed E-state index contributed by atoms with van der Waals surface area (Å²) in [6, 6.07) is 2.51. The van der Waals surface area contributed by atoms with E-state index < -0.39 is 17.6 Å². The van der Waals surface area contributed by atoms with Crippen molar-refractivity contribution in [2.75, 3.05) is 25.5 Å². The van der Waals surface area contributed by atoms with E-state index >= 15 is 0 Å². The largest absolute Gasteiger partial charge is 0.419 e. The van der Waals surface area contributed by atoms with Crippen molar-refractivity contribution in [3.63, 3.8) is 0 Å². The lowest BCUT2D eigenvalue weighted by Crippen LogP contribution is -2.49. The van der Waals surface area contributed by atoms with Crippen molar-refractivity contribution < 1.29 is 17.9 Å². The molecule has 0 aromatic carbocycles. The lowest BCUT2D eigenvalue weighted by molar-refractivity contribution is -0.137. The van der Waals surface area contributed by atoms with Gasteiger partial charge in [0, 0.05) is 49.0 Å². The van der Waals surface area contributed by atoms with Crippen molar-refractivity contribution in [3.05, 3.63) is 29.8 Å². The molecular formula is C22H28F3N5O. The quantitative estimate of drug-likeness (QED) is 0.792. The van der Waals surface area contributed by atoms with Crippen molar-refractivity contribution in [1.29, 1.82) is 0 Å². The predicted octanol–water partition coefficient (Wildman–Crippen LogP) is 3.78. The molecule has 0 amide bonds. The van der Waals surface area contributed by atoms with E-state index in [1.807, 2.05) is 13.1 Å². The van der Waals surface area contributed by atoms with Gasteiger partial charge in [-0.25, -0.2) is 9.97 Å². The summed E-state index contributed by atoms with van der Waals surface area (Å²) in [7, 11) is 0. The Bertz CT molecular complexity index is 963. The number of hydrogen-bond donors (Lipinski definition) is 1. The average Bonchev–Trinajstić information content (AvgIpc) is 3.07. The lowest BCUT2D eigenvalue weighted by atomic mass is 10.1. The highest BCUT2D eigenvalue weighted by Gasteiger charge is 2.58. The van der Waals surface area contributed by atoms with Crippen molar-refractivity contribution in [3.8, 4) is 11.3 Å². The fraction of sp³-hybridized carbons (Fsp3) is 0.636. The molecule has 3 aliphatic rings. The first-order chi connectivity index (χ1) is 14.8. The van der Waals surface area contributed by atoms with Crippen LogP contribution in [0.3, 0.4) is 0 Å². The van der Waals surface area contributed by atoms with Crippen LogP contribution < -0.4 is 5.73 Å². The van der Waals surface area contributed by atoms with E-state index in [2.05, 4.69) is 26.4 Å². The molecule has 2 aromatic rings. The maximum atomic E-state index is 13.2. The molecule has 1 saturated heterocycles. The minimum absolute atomic E-state index is 0.348. The normalized spacial score (nSPS) is 31.1. The number of alkyl halides is 3. The summed E-state index contributed by atoms with van der Waals surface area (Å²) in [5.74, 6) is 1.63. The smallest absolute Gasteiger partial charge is 0.383 e. The van der Waals surface area contributed by atoms with Gasteiger partial charge in [-0.15, -0.1) is 0 Å². The molecule has 168 valence electrons. The Kier molecular flexibility index (Phi) is 5.01. The van der Waals surface area contributed by atoms with Gasteiger partial charge in [0.2, 0.25) is 0 Å². The number of anilines is 1. The number of nitrogens with zero attached hydrogens (tertiary/aromatic N) is 4. The van der Waals surface area contributed by atoms with E-state index in [0.717, 1.165) is 50.9 Å². The standard InChI is InChI=1S/C22H28F3N5O/c1-3-19-28-18(13-6-17(22(23,24)25)21(26)27-9-13)10-30(19)20-15-7-14(8-16(15)20)29-4-5-31-11-12(29)2/h6,9-10,12,14-16,20H,3-5,7-8,11H2,1-2H3,(H2,26,27)/t12-,14?,15-,16+,20?/m0/s1. The van der Waals surface area contributed by atoms with E-state index in [1.165, 1.54) is 6.20 Å². The van der Waals surface area contributed by atoms with Gasteiger partial charge in [-0.05, 0) is 37.7 Å². The van der Waals surface area contributed by atoms with Crippen LogP contribution in [0.25, 0.3) is 11.3 Å². The number of imidazole rings is 1. The minimum atomic E-state index is -4.54. The number of aromatic nitrogens is 3. The average molecular weight is 435 g/mol. The highest BCUT2D eigenvalue weighted by molar-refractivity contribution is 5.62. The Morgan fingerprint density at radius 1 is 1.26 bits per heavy atom. The van der Waals surface area contributed by atoms with Crippen LogP contribution in [-0.4, -0.2) is 51.3 Å². The number of morpholine rings is 1. The lowest BCUT2D eigenvalue weighted by Gasteiger charge is -2.38. The Balaban J connectivity index is 1.35. The molecule has 0 spiro atoms. The highest BCUT2D eigenvalue weighted by atomic mass is 19.4. The minimum Gasteiger partial charge on any atom is -0.383 e. The molecular weight excluding hydrogens is 407 g/mol. The van der Waals surface area contributed by atoms with E-state index in [0.29, 0.717) is 41.2 Å². The van der Waals surface area contributed by atoms with Crippen molar-refractivity contribution >= 4 is 5.82 Å². The summed E-state index contributed by atoms with van der Waals surface area (Å²) in [6.45, 7) is 6.86. The first-order valence-electron chi connectivity index (χ1n) is 11.0. The van der Waals surface area contributed by atoms with Crippen LogP contribution in [0, 0.1) is 11.8 Å². The van der Waals surface area contributed by atoms with Gasteiger partial charge in [-0.1, -0.05) is 6.92 Å². The number of halogens is 3. The molecule has 31 heavy (non-hydrogen) atoms. The summed E-state index contributed by atoms with van der Waals surface area (Å²) in [6.07, 6.45) is 1.80. The van der Waals surface area contributed by atoms with Crippen LogP contribution in [-0.2, 0) is 17.3 Å². The van der Waals surface area contributed by atoms with Crippen LogP contribution in [0.5, 0.6) is 0 Å². The van der Waals surface area contributed by atoms with E-state index in [4.69, 9.17) is 10.5 Å². The Morgan fingerprint density at radius 3 is 2.65 bits per heavy atom. The summed E-state index contributed by atoms with van der Waals surface area (Å²) in [4.78, 5) is 11.0. The van der Waals surface area contributed by atoms with E-state index in [1.54, 1.807) is 0 Å². The van der Waals surface area contributed by atoms with Crippen LogP contribution in [0.1, 0.15) is 44.1 Å². The van der Waals surface area contributed by atoms with Crippen LogP contribution in [0.4, 0.5) is 19.0 Å². The summed E-state index contributed by atoms with van der Waals surface area (Å²) < 4.78 is 47.5. The number of rotatable bonds is 4. The van der Waals surface area contributed by atoms with E-state index in [-0.39, 0.29) is 0 Å². The van der Waals surface area contributed by atoms with Crippen molar-refractivity contribution in [1.82, 2.24) is 19.4 Å². The van der Waals surface area contributed by atoms with Crippen molar-refractivity contribution in [2.24, 2.45) is 11.8 Å². The number of fused-ring (bicyclic) bond motifs is 1. The number of aryl methyl sites for hydroxylation is 1. The summed E-state index contributed by atoms with van der Waals surface area (Å²) >= 11 is 0. The first kappa shape index (κ1) is 20.8. The first-order valence-corrected chi connectivity index (χ1v) is 11.0. The van der Waals surface area contributed by atoms with Crippen LogP contribution in [0.15, 0.2) is 18.5 Å². The maximum Gasteiger partial charge on any atom is 0.419 e. The second-order valence-corrected chi connectivity index (χ2v) is 9.06. The molecule has 3 heterocycles. The third kappa shape index (κ3) is 3.61. The monoisotopic (exact) mass is 435 g/mol. The third-order valence-electron chi connectivity index (χ3n) is 7.23. The van der Waals surface area contributed by atoms with Gasteiger partial charge in [0.25, 0.3) is 0 Å². The van der Waals surface area contributed by atoms with Crippen molar-refractivity contribution in [2.45, 2.75) is 57.4 Å². The van der Waals surface area contributed by atoms with E-state index in [9.17, 15) is 13.2 Å². The zero-order valence-corrected chi connectivity index (χ0v) is 17.8. The second kappa shape index (κ2) is 7.48. The van der Waals surface area contributed by atoms with Gasteiger partial charge in [0.05, 0.1) is 24.5 Å². The van der Waals surface area contributed by atoms with Gasteiger partial charge in [-0.3, -0.25) is 4.90 Å². The molecule has 6 nitrogen and oxygen atoms in total. The van der Waals surface area contributed by atoms with Gasteiger partial charge < -0.3 is 15.0 Å². The molecule has 0 radical (unpaired) electrons. The molecule has 1 aliphatic heterocycles. The second-order valence-electron chi connectivity index (χ2n) is 9.06. The Hall–Kier alpha value is -2.13. The zero-order chi connectivity index (χ0) is 21.9. The number of hydrogen-bond acceptors (Lipinski definition) is 5. The van der Waals surface area contributed by atoms with Crippen LogP contribution in [0.2, 0.25) is 0 Å². The maximum absolute atomic E-state index is 13.2. The number of pyridine rings is 1. The summed E-state index contributed by atoms with van der Waals surface area (Å²) in [5, 5.41) is 0. The van der Waals surface area contributed by atoms with Gasteiger partial charge in [0.1, 0.15) is 11.6 Å². The third-order valence-corrected chi connectivity index (χ3v) is 7.23. The topological polar surface area (TPSA) is 69.2 Å². The van der Waals surface area contributed by atoms with Gasteiger partial charge in [-0.2, -0.15) is 13.2 Å². The molecule has 5 atom stereocenters. The number of ether oxygens (including phenoxy) is 1. The highest BCUT2D eigenvalue weighted by Crippen LogP contribution is 2.62. The number of nitrogens with two attached hydrogens (primary N) is 1. The fourth-order valence-corrected chi connectivity index (χ4v) is 5.68. The fourth-order valence-electron chi connectivity index (χ4n) is 5.68. The molecule has 0 bridgehead atoms. The number of nitrogen functional groups attached to an aromatic ring is 1. The molecule has 2 N–H and O–H groups in total. The SMILES string of the molecule is CCc1nc(-c2cnc(N)c(C(F)(F)F)c2)cn1C1[C@H]2CC(N3CCOC[C@@H]3C)C[C@@H]12. The van der Waals surface area contributed by atoms with Gasteiger partial charge in [0.15, 0.2) is 0 Å². The molecule has 2 saturated carbocycles. The molecule has 2 aliphatic carbocycles. The molecule has 3 fully saturated rings. The van der Waals surface area contributed by atoms with Gasteiger partial charge >= 0.3 is 6.18 Å². The zero-order valence-electron chi connectivity index (χ0n) is 17.8. The molecule has 9 heteroatoms. The Labute approximate surface area is 179 Å². The molecule has 5 rings (SSSR count). The predicted molar refractivity (Wildman–Crippen MR) is 110 cm³/mol. The molecule has 2 unspecified atom stereocenters.